The SMILES string of the molecule is Cc1cc(C)c(Nc2nc(O)nc(Nc3cc(Nc4ccc5[nH]c(=O)c(C(=O)c6cccc(SOOO)c6)c6c5c4C(=O)c4ccccc4-6)c(SOOO)cc3S(=O)(=O)O)n2)c(C)c1. The fraction of sp³-hybridized carbons (Fsp3) is 0.0732. The molecule has 2 heterocycles. The second-order valence-electron chi connectivity index (χ2n) is 14.0. The fourth-order valence-corrected chi connectivity index (χ4v) is 9.08. The summed E-state index contributed by atoms with van der Waals surface area (Å²) in [6.07, 6.45) is 0. The summed E-state index contributed by atoms with van der Waals surface area (Å²) >= 11 is 0.928. The molecule has 8 rings (SSSR count). The summed E-state index contributed by atoms with van der Waals surface area (Å²) in [4.78, 5) is 57.1. The van der Waals surface area contributed by atoms with Crippen LogP contribution in [0.15, 0.2) is 104 Å². The summed E-state index contributed by atoms with van der Waals surface area (Å²) in [6.45, 7) is 5.66. The van der Waals surface area contributed by atoms with Crippen LogP contribution in [-0.4, -0.2) is 60.1 Å². The van der Waals surface area contributed by atoms with Gasteiger partial charge in [0.15, 0.2) is 11.6 Å². The molecule has 1 aliphatic rings. The predicted octanol–water partition coefficient (Wildman–Crippen LogP) is 8.12. The van der Waals surface area contributed by atoms with Crippen molar-refractivity contribution in [3.05, 3.63) is 134 Å². The number of aromatic nitrogens is 4. The van der Waals surface area contributed by atoms with Crippen molar-refractivity contribution in [1.29, 1.82) is 0 Å². The highest BCUT2D eigenvalue weighted by molar-refractivity contribution is 7.95. The van der Waals surface area contributed by atoms with Gasteiger partial charge in [0, 0.05) is 38.2 Å². The first-order valence-electron chi connectivity index (χ1n) is 18.5. The van der Waals surface area contributed by atoms with E-state index in [0.29, 0.717) is 40.2 Å². The van der Waals surface area contributed by atoms with Crippen molar-refractivity contribution in [1.82, 2.24) is 19.9 Å². The quantitative estimate of drug-likeness (QED) is 0.0158. The number of carbonyl (C=O) groups excluding carboxylic acids is 2. The van der Waals surface area contributed by atoms with Gasteiger partial charge in [-0.3, -0.25) is 18.9 Å². The average molecular weight is 926 g/mol. The molecule has 0 radical (unpaired) electrons. The Morgan fingerprint density at radius 1 is 0.734 bits per heavy atom. The molecule has 0 bridgehead atoms. The summed E-state index contributed by atoms with van der Waals surface area (Å²) in [6, 6.07) is 20.6. The number of hydrogen-bond donors (Lipinski definition) is 8. The van der Waals surface area contributed by atoms with Gasteiger partial charge in [-0.15, -0.1) is 8.67 Å². The molecule has 0 saturated heterocycles. The van der Waals surface area contributed by atoms with E-state index in [1.54, 1.807) is 24.3 Å². The Hall–Kier alpha value is -6.77. The summed E-state index contributed by atoms with van der Waals surface area (Å²) in [5, 5.41) is 44.7. The number of benzene rings is 5. The Morgan fingerprint density at radius 2 is 1.42 bits per heavy atom. The number of ketones is 2. The molecule has 8 N–H and O–H groups in total. The molecule has 0 saturated carbocycles. The van der Waals surface area contributed by atoms with Crippen LogP contribution in [0.4, 0.5) is 34.6 Å². The summed E-state index contributed by atoms with van der Waals surface area (Å²) in [7, 11) is -5.06. The first kappa shape index (κ1) is 43.9. The summed E-state index contributed by atoms with van der Waals surface area (Å²) < 4.78 is 45.3. The molecule has 326 valence electrons. The molecule has 0 atom stereocenters. The largest absolute Gasteiger partial charge is 0.479 e. The third kappa shape index (κ3) is 8.62. The van der Waals surface area contributed by atoms with E-state index in [1.165, 1.54) is 42.5 Å². The Balaban J connectivity index is 1.27. The van der Waals surface area contributed by atoms with Gasteiger partial charge >= 0.3 is 6.01 Å². The maximum atomic E-state index is 14.6. The van der Waals surface area contributed by atoms with Crippen LogP contribution in [0.2, 0.25) is 0 Å². The Kier molecular flexibility index (Phi) is 12.2. The van der Waals surface area contributed by atoms with Crippen LogP contribution < -0.4 is 21.5 Å². The van der Waals surface area contributed by atoms with E-state index in [-0.39, 0.29) is 72.6 Å². The molecule has 0 fully saturated rings. The van der Waals surface area contributed by atoms with Crippen molar-refractivity contribution in [3.63, 3.8) is 0 Å². The molecule has 1 aliphatic carbocycles. The zero-order valence-electron chi connectivity index (χ0n) is 33.1. The lowest BCUT2D eigenvalue weighted by Crippen LogP contribution is -2.24. The lowest BCUT2D eigenvalue weighted by molar-refractivity contribution is -0.432. The number of anilines is 6. The number of rotatable bonds is 15. The normalized spacial score (nSPS) is 12.0. The average Bonchev–Trinajstić information content (AvgIpc) is 3.25. The molecule has 20 nitrogen and oxygen atoms in total. The maximum Gasteiger partial charge on any atom is 0.320 e. The van der Waals surface area contributed by atoms with E-state index < -0.39 is 38.1 Å². The number of hydrogen-bond acceptors (Lipinski definition) is 20. The van der Waals surface area contributed by atoms with E-state index in [2.05, 4.69) is 54.6 Å². The fourth-order valence-electron chi connectivity index (χ4n) is 7.46. The second kappa shape index (κ2) is 17.8. The Bertz CT molecular complexity index is 3220. The van der Waals surface area contributed by atoms with Crippen molar-refractivity contribution >= 4 is 91.3 Å². The van der Waals surface area contributed by atoms with Crippen LogP contribution in [0.25, 0.3) is 22.0 Å². The summed E-state index contributed by atoms with van der Waals surface area (Å²) in [5.41, 5.74) is 2.89. The van der Waals surface area contributed by atoms with Crippen LogP contribution in [0, 0.1) is 20.8 Å². The van der Waals surface area contributed by atoms with Crippen LogP contribution >= 0.6 is 24.1 Å². The minimum atomic E-state index is -5.06. The Labute approximate surface area is 369 Å². The van der Waals surface area contributed by atoms with E-state index in [4.69, 9.17) is 10.5 Å². The number of H-pyrrole nitrogens is 1. The summed E-state index contributed by atoms with van der Waals surface area (Å²) in [5.74, 6) is -1.70. The van der Waals surface area contributed by atoms with Gasteiger partial charge in [-0.1, -0.05) is 64.2 Å². The van der Waals surface area contributed by atoms with E-state index in [0.717, 1.165) is 22.8 Å². The molecular formula is C41H31N7O13S3. The van der Waals surface area contributed by atoms with Gasteiger partial charge < -0.3 is 26.0 Å². The lowest BCUT2D eigenvalue weighted by Gasteiger charge is -2.25. The molecule has 0 amide bonds. The van der Waals surface area contributed by atoms with Gasteiger partial charge in [0.25, 0.3) is 15.7 Å². The molecular weight excluding hydrogens is 895 g/mol. The van der Waals surface area contributed by atoms with Gasteiger partial charge in [0.05, 0.1) is 57.2 Å². The number of nitrogens with one attached hydrogen (secondary N) is 4. The topological polar surface area (TPSA) is 294 Å². The minimum Gasteiger partial charge on any atom is -0.479 e. The molecule has 0 unspecified atom stereocenters. The predicted molar refractivity (Wildman–Crippen MR) is 233 cm³/mol. The van der Waals surface area contributed by atoms with Gasteiger partial charge in [-0.25, -0.2) is 10.5 Å². The molecule has 64 heavy (non-hydrogen) atoms. The van der Waals surface area contributed by atoms with E-state index >= 15 is 0 Å². The van der Waals surface area contributed by atoms with Gasteiger partial charge in [-0.05, 0) is 73.9 Å². The maximum absolute atomic E-state index is 14.6. The van der Waals surface area contributed by atoms with Crippen LogP contribution in [-0.2, 0) is 28.9 Å². The molecule has 0 spiro atoms. The van der Waals surface area contributed by atoms with E-state index in [9.17, 15) is 32.5 Å². The zero-order chi connectivity index (χ0) is 45.4. The number of pyridine rings is 1. The van der Waals surface area contributed by atoms with E-state index in [1.807, 2.05) is 32.9 Å². The molecule has 0 aliphatic heterocycles. The number of aryl methyl sites for hydroxylation is 3. The number of carbonyl (C=O) groups is 2. The molecule has 7 aromatic rings. The number of nitrogens with zero attached hydrogens (tertiary/aromatic N) is 3. The number of aromatic amines is 1. The molecule has 2 aromatic heterocycles. The van der Waals surface area contributed by atoms with Gasteiger partial charge in [-0.2, -0.15) is 23.4 Å². The van der Waals surface area contributed by atoms with Gasteiger partial charge in [0.1, 0.15) is 4.90 Å². The van der Waals surface area contributed by atoms with Crippen LogP contribution in [0.1, 0.15) is 48.5 Å². The third-order valence-electron chi connectivity index (χ3n) is 9.90. The highest BCUT2D eigenvalue weighted by Gasteiger charge is 2.34. The Morgan fingerprint density at radius 3 is 2.12 bits per heavy atom. The van der Waals surface area contributed by atoms with Crippen LogP contribution in [0.3, 0.4) is 0 Å². The molecule has 23 heteroatoms. The van der Waals surface area contributed by atoms with Crippen molar-refractivity contribution in [3.8, 4) is 17.1 Å². The first-order chi connectivity index (χ1) is 30.6. The van der Waals surface area contributed by atoms with Crippen molar-refractivity contribution in [2.45, 2.75) is 35.5 Å². The highest BCUT2D eigenvalue weighted by Crippen LogP contribution is 2.45. The van der Waals surface area contributed by atoms with Crippen LogP contribution in [0.5, 0.6) is 6.01 Å². The zero-order valence-corrected chi connectivity index (χ0v) is 35.6. The van der Waals surface area contributed by atoms with Gasteiger partial charge in [0.2, 0.25) is 11.9 Å². The lowest BCUT2D eigenvalue weighted by atomic mass is 9.80. The van der Waals surface area contributed by atoms with Crippen molar-refractivity contribution in [2.75, 3.05) is 16.0 Å². The second-order valence-corrected chi connectivity index (χ2v) is 17.0. The standard InChI is InChI=1S/C41H31N7O13S3/c1-18-13-19(2)35(20(3)14-18)45-40-46-39(47-41(52)48-40)44-28-16-27(29(63-61-59-54)17-30(28)64(55,56)57)42-26-12-11-25-32-31(23-9-4-5-10-24(23)37(50)33(26)32)34(38(51)43-25)36(49)21-7-6-8-22(15-21)62-60-58-53/h4-17,42,53-54H,1-3H3,(H,43,51)(H,55,56,57)(H3,44,45,46,47,48,52). The van der Waals surface area contributed by atoms with Crippen molar-refractivity contribution in [2.24, 2.45) is 0 Å². The highest BCUT2D eigenvalue weighted by atomic mass is 32.2. The third-order valence-corrected chi connectivity index (χ3v) is 12.0. The smallest absolute Gasteiger partial charge is 0.320 e. The molecule has 5 aromatic carbocycles. The monoisotopic (exact) mass is 925 g/mol. The minimum absolute atomic E-state index is 0.00209. The first-order valence-corrected chi connectivity index (χ1v) is 21.4. The number of aromatic hydroxyl groups is 1. The number of fused-ring (bicyclic) bond motifs is 2. The van der Waals surface area contributed by atoms with Crippen molar-refractivity contribution < 1.29 is 56.9 Å².